The number of nitrogens with two attached hydrogens (primary N) is 2. The number of nitrogens with zero attached hydrogens (tertiary/aromatic N) is 4. The third-order valence-electron chi connectivity index (χ3n) is 6.28. The van der Waals surface area contributed by atoms with Gasteiger partial charge in [-0.3, -0.25) is 4.79 Å². The Labute approximate surface area is 223 Å². The second-order valence-corrected chi connectivity index (χ2v) is 9.40. The number of hydrogen-bond acceptors (Lipinski definition) is 10. The van der Waals surface area contributed by atoms with Crippen molar-refractivity contribution in [2.75, 3.05) is 30.4 Å². The average Bonchev–Trinajstić information content (AvgIpc) is 2.89. The predicted molar refractivity (Wildman–Crippen MR) is 148 cm³/mol. The van der Waals surface area contributed by atoms with E-state index in [4.69, 9.17) is 11.5 Å². The smallest absolute Gasteiger partial charge is 0.326 e. The molecule has 0 saturated carbocycles. The Morgan fingerprint density at radius 1 is 1.16 bits per heavy atom. The molecule has 206 valence electrons. The van der Waals surface area contributed by atoms with Gasteiger partial charge in [0.2, 0.25) is 0 Å². The predicted octanol–water partition coefficient (Wildman–Crippen LogP) is 1.94. The first-order valence-electron chi connectivity index (χ1n) is 13.1. The van der Waals surface area contributed by atoms with Gasteiger partial charge in [-0.2, -0.15) is 0 Å². The molecule has 1 aliphatic rings. The fourth-order valence-corrected chi connectivity index (χ4v) is 4.12. The van der Waals surface area contributed by atoms with Gasteiger partial charge < -0.3 is 37.4 Å². The average molecular weight is 526 g/mol. The van der Waals surface area contributed by atoms with Crippen LogP contribution >= 0.6 is 0 Å². The molecule has 0 spiro atoms. The third-order valence-corrected chi connectivity index (χ3v) is 6.28. The van der Waals surface area contributed by atoms with Crippen LogP contribution in [0.3, 0.4) is 0 Å². The van der Waals surface area contributed by atoms with E-state index in [-0.39, 0.29) is 5.96 Å². The van der Waals surface area contributed by atoms with Crippen LogP contribution in [-0.4, -0.2) is 59.1 Å². The molecule has 0 fully saturated rings. The summed E-state index contributed by atoms with van der Waals surface area (Å²) in [6.07, 6.45) is 6.75. The number of aliphatic carboxylic acids is 1. The van der Waals surface area contributed by atoms with E-state index < -0.39 is 24.1 Å². The number of rotatable bonds is 15. The van der Waals surface area contributed by atoms with Crippen molar-refractivity contribution in [2.24, 2.45) is 16.5 Å². The Kier molecular flexibility index (Phi) is 10.8. The highest BCUT2D eigenvalue weighted by Crippen LogP contribution is 2.23. The number of carboxylic acid groups (broad SMARTS) is 1. The summed E-state index contributed by atoms with van der Waals surface area (Å²) in [6.45, 7) is 4.28. The number of unbranched alkanes of at least 4 members (excludes halogenated alkanes) is 3. The molecule has 38 heavy (non-hydrogen) atoms. The lowest BCUT2D eigenvalue weighted by Gasteiger charge is -2.22. The van der Waals surface area contributed by atoms with Gasteiger partial charge in [-0.1, -0.05) is 26.2 Å². The molecule has 8 N–H and O–H groups in total. The van der Waals surface area contributed by atoms with E-state index in [0.717, 1.165) is 25.2 Å². The Morgan fingerprint density at radius 2 is 1.89 bits per heavy atom. The van der Waals surface area contributed by atoms with Gasteiger partial charge in [0, 0.05) is 18.3 Å². The number of benzene rings is 1. The molecule has 12 nitrogen and oxygen atoms in total. The molecule has 2 atom stereocenters. The van der Waals surface area contributed by atoms with E-state index >= 15 is 0 Å². The molecule has 0 bridgehead atoms. The molecule has 1 amide bonds. The van der Waals surface area contributed by atoms with Crippen LogP contribution in [0, 0.1) is 0 Å². The van der Waals surface area contributed by atoms with Crippen molar-refractivity contribution < 1.29 is 14.7 Å². The molecule has 1 aliphatic heterocycles. The van der Waals surface area contributed by atoms with Crippen molar-refractivity contribution in [3.05, 3.63) is 47.4 Å². The zero-order valence-corrected chi connectivity index (χ0v) is 22.1. The van der Waals surface area contributed by atoms with Crippen LogP contribution in [0.15, 0.2) is 35.5 Å². The summed E-state index contributed by atoms with van der Waals surface area (Å²) >= 11 is 0. The molecule has 3 rings (SSSR count). The van der Waals surface area contributed by atoms with Crippen molar-refractivity contribution in [3.8, 4) is 0 Å². The summed E-state index contributed by atoms with van der Waals surface area (Å²) in [5, 5.41) is 18.4. The lowest BCUT2D eigenvalue weighted by Crippen LogP contribution is -2.41. The number of carbonyl (C=O) groups is 2. The number of amides is 1. The molecule has 2 heterocycles. The molecular formula is C26H39N9O3. The van der Waals surface area contributed by atoms with Crippen molar-refractivity contribution in [3.63, 3.8) is 0 Å². The Bertz CT molecular complexity index is 1110. The number of aromatic nitrogens is 2. The maximum absolute atomic E-state index is 12.7. The summed E-state index contributed by atoms with van der Waals surface area (Å²) in [7, 11) is 1.89. The zero-order valence-electron chi connectivity index (χ0n) is 22.1. The summed E-state index contributed by atoms with van der Waals surface area (Å²) in [5.74, 6) is -0.758. The van der Waals surface area contributed by atoms with Gasteiger partial charge in [-0.25, -0.2) is 19.8 Å². The fourth-order valence-electron chi connectivity index (χ4n) is 4.12. The summed E-state index contributed by atoms with van der Waals surface area (Å²) in [4.78, 5) is 39.3. The van der Waals surface area contributed by atoms with Gasteiger partial charge in [0.15, 0.2) is 11.8 Å². The van der Waals surface area contributed by atoms with Gasteiger partial charge in [0.1, 0.15) is 17.9 Å². The molecule has 2 unspecified atom stereocenters. The molecule has 1 aromatic heterocycles. The molecule has 1 aromatic carbocycles. The largest absolute Gasteiger partial charge is 0.480 e. The maximum atomic E-state index is 12.7. The number of hydrogen-bond donors (Lipinski definition) is 6. The number of carboxylic acids is 1. The number of guanidine groups is 1. The highest BCUT2D eigenvalue weighted by atomic mass is 16.4. The van der Waals surface area contributed by atoms with Gasteiger partial charge in [-0.05, 0) is 56.6 Å². The van der Waals surface area contributed by atoms with E-state index in [1.165, 1.54) is 19.3 Å². The van der Waals surface area contributed by atoms with Gasteiger partial charge in [0.05, 0.1) is 18.4 Å². The van der Waals surface area contributed by atoms with E-state index in [9.17, 15) is 14.7 Å². The second kappa shape index (κ2) is 14.2. The first-order valence-corrected chi connectivity index (χ1v) is 13.1. The highest BCUT2D eigenvalue weighted by molar-refractivity contribution is 5.97. The van der Waals surface area contributed by atoms with Crippen molar-refractivity contribution in [1.82, 2.24) is 20.6 Å². The van der Waals surface area contributed by atoms with Crippen LogP contribution in [0.5, 0.6) is 0 Å². The van der Waals surface area contributed by atoms with Crippen LogP contribution in [0.1, 0.15) is 73.4 Å². The quantitative estimate of drug-likeness (QED) is 0.188. The van der Waals surface area contributed by atoms with E-state index in [2.05, 4.69) is 37.8 Å². The monoisotopic (exact) mass is 525 g/mol. The van der Waals surface area contributed by atoms with Crippen LogP contribution in [0.2, 0.25) is 0 Å². The van der Waals surface area contributed by atoms with E-state index in [1.807, 2.05) is 11.9 Å². The minimum atomic E-state index is -1.04. The molecule has 0 saturated heterocycles. The molecule has 0 radical (unpaired) electrons. The number of aliphatic imine (C=N–C) groups is 1. The van der Waals surface area contributed by atoms with Gasteiger partial charge in [0.25, 0.3) is 5.91 Å². The van der Waals surface area contributed by atoms with Crippen LogP contribution in [0.25, 0.3) is 0 Å². The number of anilines is 2. The molecule has 2 aromatic rings. The van der Waals surface area contributed by atoms with Crippen LogP contribution in [-0.2, 0) is 11.3 Å². The number of carbonyl (C=O) groups excluding carboxylic acids is 1. The van der Waals surface area contributed by atoms with E-state index in [1.54, 1.807) is 30.5 Å². The maximum Gasteiger partial charge on any atom is 0.326 e. The fraction of sp³-hybridized carbons (Fsp3) is 0.500. The first-order chi connectivity index (χ1) is 18.3. The normalized spacial score (nSPS) is 15.1. The highest BCUT2D eigenvalue weighted by Gasteiger charge is 2.22. The summed E-state index contributed by atoms with van der Waals surface area (Å²) in [5.41, 5.74) is 14.1. The van der Waals surface area contributed by atoms with Crippen molar-refractivity contribution in [2.45, 2.75) is 64.2 Å². The number of fused-ring (bicyclic) bond motifs is 1. The van der Waals surface area contributed by atoms with Crippen molar-refractivity contribution in [1.29, 1.82) is 0 Å². The molecule has 12 heteroatoms. The zero-order chi connectivity index (χ0) is 27.5. The second-order valence-electron chi connectivity index (χ2n) is 9.40. The lowest BCUT2D eigenvalue weighted by molar-refractivity contribution is -0.139. The van der Waals surface area contributed by atoms with Crippen LogP contribution in [0.4, 0.5) is 11.5 Å². The topological polar surface area (TPSA) is 184 Å². The summed E-state index contributed by atoms with van der Waals surface area (Å²) in [6, 6.07) is 6.02. The third kappa shape index (κ3) is 8.38. The minimum absolute atomic E-state index is 0.202. The molecule has 0 aliphatic carbocycles. The SMILES string of the molecule is CCCCCCNCCCC(NC(=O)c1ccc(N(C)Cc2cnc3c(n2)C(N)N=C(N)N3)cc1)C(=O)O. The molecular weight excluding hydrogens is 486 g/mol. The Morgan fingerprint density at radius 3 is 2.61 bits per heavy atom. The van der Waals surface area contributed by atoms with Gasteiger partial charge in [-0.15, -0.1) is 0 Å². The number of nitrogens with one attached hydrogen (secondary N) is 3. The first kappa shape index (κ1) is 28.8. The van der Waals surface area contributed by atoms with Crippen molar-refractivity contribution >= 4 is 29.3 Å². The Balaban J connectivity index is 1.49. The lowest BCUT2D eigenvalue weighted by atomic mass is 10.1. The minimum Gasteiger partial charge on any atom is -0.480 e. The van der Waals surface area contributed by atoms with E-state index in [0.29, 0.717) is 42.2 Å². The standard InChI is InChI=1S/C26H39N9O3/c1-3-4-5-6-13-29-14-7-8-20(25(37)38)32-24(36)17-9-11-19(12-10-17)35(2)16-18-15-30-23-21(31-18)22(27)33-26(28)34-23/h9-12,15,20,22,29H,3-8,13-14,16,27H2,1-2H3,(H,32,36)(H,37,38)(H3,28,30,33,34). The van der Waals surface area contributed by atoms with Crippen LogP contribution < -0.4 is 32.3 Å². The summed E-state index contributed by atoms with van der Waals surface area (Å²) < 4.78 is 0. The van der Waals surface area contributed by atoms with Gasteiger partial charge >= 0.3 is 5.97 Å². The Hall–Kier alpha value is -3.77.